The number of hydrogen-bond acceptors (Lipinski definition) is 7. The van der Waals surface area contributed by atoms with Crippen molar-refractivity contribution in [1.29, 1.82) is 0 Å². The second-order valence-corrected chi connectivity index (χ2v) is 9.32. The molecule has 1 aromatic carbocycles. The molecule has 7 nitrogen and oxygen atoms in total. The van der Waals surface area contributed by atoms with E-state index in [1.807, 2.05) is 39.0 Å². The summed E-state index contributed by atoms with van der Waals surface area (Å²) in [4.78, 5) is 27.0. The Bertz CT molecular complexity index is 1120. The van der Waals surface area contributed by atoms with Crippen molar-refractivity contribution < 1.29 is 24.2 Å². The minimum absolute atomic E-state index is 0.00935. The first kappa shape index (κ1) is 26.4. The van der Waals surface area contributed by atoms with Gasteiger partial charge in [-0.3, -0.25) is 9.59 Å². The molecule has 2 unspecified atom stereocenters. The van der Waals surface area contributed by atoms with Crippen LogP contribution in [0.3, 0.4) is 0 Å². The molecule has 2 aromatic heterocycles. The summed E-state index contributed by atoms with van der Waals surface area (Å²) in [7, 11) is 1.42. The van der Waals surface area contributed by atoms with Crippen LogP contribution in [0.4, 0.5) is 0 Å². The molecular formula is C24H29ClN2O5S. The molecule has 1 amide bonds. The van der Waals surface area contributed by atoms with Gasteiger partial charge in [0, 0.05) is 38.8 Å². The molecule has 2 heterocycles. The van der Waals surface area contributed by atoms with Gasteiger partial charge < -0.3 is 19.9 Å². The number of thiophene rings is 1. The maximum absolute atomic E-state index is 11.6. The van der Waals surface area contributed by atoms with Crippen LogP contribution in [-0.2, 0) is 9.53 Å². The zero-order valence-electron chi connectivity index (χ0n) is 19.5. The fraction of sp³-hybridized carbons (Fsp3) is 0.375. The molecule has 0 saturated heterocycles. The van der Waals surface area contributed by atoms with Crippen LogP contribution in [0.1, 0.15) is 54.5 Å². The minimum Gasteiger partial charge on any atom is -0.503 e. The second kappa shape index (κ2) is 11.9. The molecule has 3 rings (SSSR count). The minimum atomic E-state index is -0.415. The Hall–Kier alpha value is -2.84. The van der Waals surface area contributed by atoms with Crippen molar-refractivity contribution in [1.82, 2.24) is 10.3 Å². The summed E-state index contributed by atoms with van der Waals surface area (Å²) >= 11 is 7.77. The zero-order chi connectivity index (χ0) is 24.7. The van der Waals surface area contributed by atoms with Gasteiger partial charge >= 0.3 is 0 Å². The Morgan fingerprint density at radius 1 is 1.24 bits per heavy atom. The van der Waals surface area contributed by atoms with E-state index in [9.17, 15) is 14.7 Å². The van der Waals surface area contributed by atoms with Gasteiger partial charge in [-0.2, -0.15) is 0 Å². The van der Waals surface area contributed by atoms with Gasteiger partial charge in [0.05, 0.1) is 7.11 Å². The molecule has 178 valence electrons. The predicted octanol–water partition coefficient (Wildman–Crippen LogP) is 5.46. The number of pyridine rings is 1. The molecular weight excluding hydrogens is 464 g/mol. The average Bonchev–Trinajstić information content (AvgIpc) is 3.09. The molecule has 0 saturated carbocycles. The number of benzene rings is 1. The third-order valence-corrected chi connectivity index (χ3v) is 6.77. The van der Waals surface area contributed by atoms with Gasteiger partial charge in [0.15, 0.2) is 17.2 Å². The van der Waals surface area contributed by atoms with Crippen LogP contribution in [0.2, 0.25) is 5.02 Å². The van der Waals surface area contributed by atoms with E-state index >= 15 is 0 Å². The van der Waals surface area contributed by atoms with Crippen LogP contribution in [0.25, 0.3) is 10.1 Å². The molecule has 0 bridgehead atoms. The number of halogens is 1. The number of fused-ring (bicyclic) bond motifs is 1. The summed E-state index contributed by atoms with van der Waals surface area (Å²) in [6.45, 7) is 10.3. The van der Waals surface area contributed by atoms with Gasteiger partial charge in [0.2, 0.25) is 0 Å². The third kappa shape index (κ3) is 6.58. The molecule has 3 aromatic rings. The third-order valence-electron chi connectivity index (χ3n) is 5.07. The molecule has 0 spiro atoms. The van der Waals surface area contributed by atoms with E-state index in [-0.39, 0.29) is 35.3 Å². The summed E-state index contributed by atoms with van der Waals surface area (Å²) in [5.41, 5.74) is 1.20. The maximum Gasteiger partial charge on any atom is 0.293 e. The monoisotopic (exact) mass is 492 g/mol. The Labute approximate surface area is 202 Å². The SMILES string of the molecule is COc1ccnc(C(=O)NC(C)C)c1O.Cc1c(C(C)C(C)OC=O)sc2ccc(Cl)cc12. The number of carbonyl (C=O) groups is 2. The van der Waals surface area contributed by atoms with Crippen molar-refractivity contribution in [2.75, 3.05) is 7.11 Å². The van der Waals surface area contributed by atoms with E-state index in [0.717, 1.165) is 5.02 Å². The van der Waals surface area contributed by atoms with Gasteiger partial charge in [-0.1, -0.05) is 18.5 Å². The highest BCUT2D eigenvalue weighted by Gasteiger charge is 2.21. The maximum atomic E-state index is 11.6. The molecule has 2 atom stereocenters. The smallest absolute Gasteiger partial charge is 0.293 e. The lowest BCUT2D eigenvalue weighted by atomic mass is 10.00. The number of nitrogens with one attached hydrogen (secondary N) is 1. The van der Waals surface area contributed by atoms with E-state index in [1.165, 1.54) is 39.9 Å². The molecule has 0 aliphatic heterocycles. The molecule has 0 fully saturated rings. The molecule has 9 heteroatoms. The fourth-order valence-electron chi connectivity index (χ4n) is 3.16. The second-order valence-electron chi connectivity index (χ2n) is 7.80. The fourth-order valence-corrected chi connectivity index (χ4v) is 4.67. The Balaban J connectivity index is 0.000000238. The number of hydrogen-bond donors (Lipinski definition) is 2. The van der Waals surface area contributed by atoms with Gasteiger partial charge in [-0.25, -0.2) is 4.98 Å². The molecule has 33 heavy (non-hydrogen) atoms. The van der Waals surface area contributed by atoms with E-state index in [2.05, 4.69) is 24.1 Å². The highest BCUT2D eigenvalue weighted by molar-refractivity contribution is 7.19. The van der Waals surface area contributed by atoms with Crippen molar-refractivity contribution in [3.8, 4) is 11.5 Å². The number of aryl methyl sites for hydroxylation is 1. The normalized spacial score (nSPS) is 12.5. The van der Waals surface area contributed by atoms with Crippen molar-refractivity contribution >= 4 is 45.4 Å². The van der Waals surface area contributed by atoms with Crippen molar-refractivity contribution in [3.63, 3.8) is 0 Å². The first-order chi connectivity index (χ1) is 15.6. The summed E-state index contributed by atoms with van der Waals surface area (Å²) < 4.78 is 11.1. The number of rotatable bonds is 7. The summed E-state index contributed by atoms with van der Waals surface area (Å²) in [5.74, 6) is -0.232. The molecule has 0 aliphatic rings. The number of methoxy groups -OCH3 is 1. The summed E-state index contributed by atoms with van der Waals surface area (Å²) in [6.07, 6.45) is 1.29. The number of nitrogens with zero attached hydrogens (tertiary/aromatic N) is 1. The topological polar surface area (TPSA) is 97.8 Å². The van der Waals surface area contributed by atoms with Crippen LogP contribution in [-0.4, -0.2) is 41.7 Å². The van der Waals surface area contributed by atoms with E-state index in [0.29, 0.717) is 6.47 Å². The Morgan fingerprint density at radius 3 is 2.55 bits per heavy atom. The average molecular weight is 493 g/mol. The van der Waals surface area contributed by atoms with Crippen molar-refractivity contribution in [2.45, 2.75) is 52.7 Å². The molecule has 2 N–H and O–H groups in total. The standard InChI is InChI=1S/C14H15ClO2S.C10H14N2O3/c1-8(10(3)17-7-16)14-9(2)12-6-11(15)4-5-13(12)18-14;1-6(2)12-10(14)8-9(13)7(15-3)4-5-11-8/h4-8,10H,1-3H3;4-6,13H,1-3H3,(H,12,14). The zero-order valence-corrected chi connectivity index (χ0v) is 21.1. The molecule has 0 aliphatic carbocycles. The van der Waals surface area contributed by atoms with E-state index < -0.39 is 5.91 Å². The number of amides is 1. The van der Waals surface area contributed by atoms with Gasteiger partial charge in [0.25, 0.3) is 12.4 Å². The van der Waals surface area contributed by atoms with Gasteiger partial charge in [-0.15, -0.1) is 11.3 Å². The summed E-state index contributed by atoms with van der Waals surface area (Å²) in [6, 6.07) is 7.41. The van der Waals surface area contributed by atoms with Crippen LogP contribution in [0, 0.1) is 6.92 Å². The Morgan fingerprint density at radius 2 is 1.94 bits per heavy atom. The van der Waals surface area contributed by atoms with Crippen molar-refractivity contribution in [2.24, 2.45) is 0 Å². The van der Waals surface area contributed by atoms with Crippen LogP contribution in [0.15, 0.2) is 30.5 Å². The van der Waals surface area contributed by atoms with Crippen molar-refractivity contribution in [3.05, 3.63) is 51.6 Å². The van der Waals surface area contributed by atoms with Gasteiger partial charge in [0.1, 0.15) is 6.10 Å². The van der Waals surface area contributed by atoms with E-state index in [1.54, 1.807) is 11.3 Å². The Kier molecular flexibility index (Phi) is 9.49. The van der Waals surface area contributed by atoms with Crippen LogP contribution >= 0.6 is 22.9 Å². The van der Waals surface area contributed by atoms with Crippen LogP contribution in [0.5, 0.6) is 11.5 Å². The largest absolute Gasteiger partial charge is 0.503 e. The lowest BCUT2D eigenvalue weighted by Crippen LogP contribution is -2.30. The number of carbonyl (C=O) groups excluding carboxylic acids is 2. The van der Waals surface area contributed by atoms with E-state index in [4.69, 9.17) is 21.1 Å². The van der Waals surface area contributed by atoms with Crippen LogP contribution < -0.4 is 10.1 Å². The lowest BCUT2D eigenvalue weighted by Gasteiger charge is -2.17. The van der Waals surface area contributed by atoms with Gasteiger partial charge in [-0.05, 0) is 56.8 Å². The summed E-state index contributed by atoms with van der Waals surface area (Å²) in [5, 5.41) is 14.2. The highest BCUT2D eigenvalue weighted by Crippen LogP contribution is 2.38. The quantitative estimate of drug-likeness (QED) is 0.425. The number of ether oxygens (including phenoxy) is 2. The predicted molar refractivity (Wildman–Crippen MR) is 132 cm³/mol. The first-order valence-electron chi connectivity index (χ1n) is 10.4. The first-order valence-corrected chi connectivity index (χ1v) is 11.6. The number of aromatic hydroxyl groups is 1. The highest BCUT2D eigenvalue weighted by atomic mass is 35.5. The lowest BCUT2D eigenvalue weighted by molar-refractivity contribution is -0.133. The molecule has 0 radical (unpaired) electrons. The number of aromatic nitrogens is 1.